The molecule has 300 valence electrons. The Hall–Kier alpha value is -8.46. The van der Waals surface area contributed by atoms with Gasteiger partial charge in [-0.2, -0.15) is 0 Å². The number of rotatable bonds is 8. The smallest absolute Gasteiger partial charge is 0.0625 e. The first-order valence-corrected chi connectivity index (χ1v) is 22.0. The van der Waals surface area contributed by atoms with Gasteiger partial charge in [-0.05, 0) is 121 Å². The van der Waals surface area contributed by atoms with Crippen molar-refractivity contribution in [2.24, 2.45) is 0 Å². The van der Waals surface area contributed by atoms with Gasteiger partial charge in [0.2, 0.25) is 0 Å². The van der Waals surface area contributed by atoms with Crippen LogP contribution in [0.25, 0.3) is 93.5 Å². The lowest BCUT2D eigenvalue weighted by Gasteiger charge is -2.26. The van der Waals surface area contributed by atoms with E-state index in [1.54, 1.807) is 0 Å². The fourth-order valence-electron chi connectivity index (χ4n) is 9.69. The van der Waals surface area contributed by atoms with Crippen LogP contribution >= 0.6 is 0 Å². The lowest BCUT2D eigenvalue weighted by Crippen LogP contribution is -2.09. The average molecular weight is 815 g/mol. The summed E-state index contributed by atoms with van der Waals surface area (Å²) in [6.07, 6.45) is 0. The van der Waals surface area contributed by atoms with Crippen LogP contribution in [0.1, 0.15) is 0 Å². The number of benzene rings is 11. The average Bonchev–Trinajstić information content (AvgIpc) is 3.74. The molecule has 0 N–H and O–H groups in total. The van der Waals surface area contributed by atoms with Crippen LogP contribution in [-0.2, 0) is 0 Å². The molecule has 0 bridgehead atoms. The molecule has 0 unspecified atom stereocenters. The summed E-state index contributed by atoms with van der Waals surface area (Å²) in [6.45, 7) is 0. The van der Waals surface area contributed by atoms with Crippen LogP contribution in [0.3, 0.4) is 0 Å². The van der Waals surface area contributed by atoms with Gasteiger partial charge in [-0.3, -0.25) is 0 Å². The van der Waals surface area contributed by atoms with Crippen molar-refractivity contribution in [2.45, 2.75) is 0 Å². The number of anilines is 3. The van der Waals surface area contributed by atoms with Gasteiger partial charge in [0, 0.05) is 38.9 Å². The molecule has 12 rings (SSSR count). The molecule has 11 aromatic carbocycles. The Morgan fingerprint density at radius 3 is 1.14 bits per heavy atom. The van der Waals surface area contributed by atoms with Crippen molar-refractivity contribution in [3.63, 3.8) is 0 Å². The third-order valence-corrected chi connectivity index (χ3v) is 12.8. The maximum Gasteiger partial charge on any atom is 0.0625 e. The Bertz CT molecular complexity index is 3610. The second kappa shape index (κ2) is 15.8. The molecule has 0 atom stereocenters. The van der Waals surface area contributed by atoms with E-state index in [-0.39, 0.29) is 0 Å². The van der Waals surface area contributed by atoms with Gasteiger partial charge in [0.25, 0.3) is 0 Å². The molecule has 12 aromatic rings. The molecule has 0 radical (unpaired) electrons. The second-order valence-electron chi connectivity index (χ2n) is 16.5. The Morgan fingerprint density at radius 2 is 0.609 bits per heavy atom. The number of hydrogen-bond acceptors (Lipinski definition) is 1. The first-order valence-electron chi connectivity index (χ1n) is 22.0. The predicted molar refractivity (Wildman–Crippen MR) is 272 cm³/mol. The lowest BCUT2D eigenvalue weighted by atomic mass is 9.97. The maximum absolute atomic E-state index is 2.46. The number of aromatic nitrogens is 1. The first-order chi connectivity index (χ1) is 31.7. The van der Waals surface area contributed by atoms with E-state index >= 15 is 0 Å². The van der Waals surface area contributed by atoms with E-state index in [1.165, 1.54) is 87.9 Å². The normalized spacial score (nSPS) is 11.4. The Labute approximate surface area is 373 Å². The predicted octanol–water partition coefficient (Wildman–Crippen LogP) is 17.2. The minimum atomic E-state index is 1.09. The van der Waals surface area contributed by atoms with Gasteiger partial charge in [0.05, 0.1) is 11.0 Å². The van der Waals surface area contributed by atoms with Crippen molar-refractivity contribution in [1.82, 2.24) is 4.57 Å². The number of fused-ring (bicyclic) bond motifs is 8. The summed E-state index contributed by atoms with van der Waals surface area (Å²) < 4.78 is 2.46. The molecule has 0 spiro atoms. The van der Waals surface area contributed by atoms with Crippen molar-refractivity contribution in [3.8, 4) is 50.2 Å². The summed E-state index contributed by atoms with van der Waals surface area (Å²) in [5.41, 5.74) is 16.4. The van der Waals surface area contributed by atoms with Crippen molar-refractivity contribution < 1.29 is 0 Å². The molecule has 0 aliphatic heterocycles. The molecule has 2 heteroatoms. The lowest BCUT2D eigenvalue weighted by molar-refractivity contribution is 1.19. The number of hydrogen-bond donors (Lipinski definition) is 0. The largest absolute Gasteiger partial charge is 0.311 e. The highest BCUT2D eigenvalue weighted by Crippen LogP contribution is 2.43. The van der Waals surface area contributed by atoms with Crippen LogP contribution < -0.4 is 4.90 Å². The molecule has 0 fully saturated rings. The fourth-order valence-corrected chi connectivity index (χ4v) is 9.69. The Kier molecular flexibility index (Phi) is 9.20. The van der Waals surface area contributed by atoms with Gasteiger partial charge in [0.15, 0.2) is 0 Å². The highest BCUT2D eigenvalue weighted by Gasteiger charge is 2.19. The minimum absolute atomic E-state index is 1.09. The van der Waals surface area contributed by atoms with Gasteiger partial charge in [-0.25, -0.2) is 0 Å². The third-order valence-electron chi connectivity index (χ3n) is 12.8. The van der Waals surface area contributed by atoms with Gasteiger partial charge in [0.1, 0.15) is 0 Å². The van der Waals surface area contributed by atoms with E-state index in [9.17, 15) is 0 Å². The summed E-state index contributed by atoms with van der Waals surface area (Å²) in [5, 5.41) is 7.68. The molecule has 0 aliphatic carbocycles. The molecule has 1 heterocycles. The molecular weight excluding hydrogens is 773 g/mol. The zero-order valence-electron chi connectivity index (χ0n) is 35.1. The maximum atomic E-state index is 2.46. The Morgan fingerprint density at radius 1 is 0.250 bits per heavy atom. The van der Waals surface area contributed by atoms with Gasteiger partial charge >= 0.3 is 0 Å². The number of para-hydroxylation sites is 1. The second-order valence-corrected chi connectivity index (χ2v) is 16.5. The highest BCUT2D eigenvalue weighted by molar-refractivity contribution is 6.32. The van der Waals surface area contributed by atoms with Crippen molar-refractivity contribution in [2.75, 3.05) is 4.90 Å². The van der Waals surface area contributed by atoms with Crippen LogP contribution in [0.15, 0.2) is 255 Å². The standard InChI is InChI=1S/C62H42N2/c1-3-14-43(15-4-1)45-26-34-51(35-27-45)63(53-38-32-48(33-39-53)50-19-13-18-49(42-50)44-16-5-2-6-17-44)52-36-28-46(29-37-52)47-30-40-54(41-31-47)64-60-25-12-11-24-59(60)61-57-22-9-7-20-55(57)56-21-8-10-23-58(56)62(61)64/h1-42H. The molecule has 1 aromatic heterocycles. The Balaban J connectivity index is 0.904. The van der Waals surface area contributed by atoms with Crippen LogP contribution in [0.5, 0.6) is 0 Å². The summed E-state index contributed by atoms with van der Waals surface area (Å²) >= 11 is 0. The van der Waals surface area contributed by atoms with Gasteiger partial charge in [-0.1, -0.05) is 194 Å². The fraction of sp³-hybridized carbons (Fsp3) is 0. The van der Waals surface area contributed by atoms with E-state index in [0.29, 0.717) is 0 Å². The summed E-state index contributed by atoms with van der Waals surface area (Å²) in [6, 6.07) is 92.4. The molecule has 2 nitrogen and oxygen atoms in total. The van der Waals surface area contributed by atoms with Crippen LogP contribution in [0, 0.1) is 0 Å². The van der Waals surface area contributed by atoms with E-state index in [1.807, 2.05) is 0 Å². The van der Waals surface area contributed by atoms with E-state index in [4.69, 9.17) is 0 Å². The van der Waals surface area contributed by atoms with Crippen molar-refractivity contribution in [1.29, 1.82) is 0 Å². The highest BCUT2D eigenvalue weighted by atomic mass is 15.1. The van der Waals surface area contributed by atoms with Crippen LogP contribution in [0.2, 0.25) is 0 Å². The molecule has 0 aliphatic rings. The molecule has 64 heavy (non-hydrogen) atoms. The summed E-state index contributed by atoms with van der Waals surface area (Å²) in [4.78, 5) is 2.35. The third kappa shape index (κ3) is 6.52. The summed E-state index contributed by atoms with van der Waals surface area (Å²) in [5.74, 6) is 0. The van der Waals surface area contributed by atoms with Crippen molar-refractivity contribution in [3.05, 3.63) is 255 Å². The van der Waals surface area contributed by atoms with Crippen LogP contribution in [0.4, 0.5) is 17.1 Å². The zero-order chi connectivity index (χ0) is 42.4. The zero-order valence-corrected chi connectivity index (χ0v) is 35.1. The SMILES string of the molecule is c1ccc(-c2ccc(N(c3ccc(-c4ccc(-n5c6ccccc6c6c7ccccc7c7ccccc7c65)cc4)cc3)c3ccc(-c4cccc(-c5ccccc5)c4)cc3)cc2)cc1. The molecular formula is C62H42N2. The topological polar surface area (TPSA) is 8.17 Å². The number of nitrogens with zero attached hydrogens (tertiary/aromatic N) is 2. The summed E-state index contributed by atoms with van der Waals surface area (Å²) in [7, 11) is 0. The minimum Gasteiger partial charge on any atom is -0.311 e. The van der Waals surface area contributed by atoms with Crippen molar-refractivity contribution >= 4 is 60.4 Å². The monoisotopic (exact) mass is 814 g/mol. The quantitative estimate of drug-likeness (QED) is 0.139. The molecule has 0 saturated heterocycles. The molecule has 0 saturated carbocycles. The van der Waals surface area contributed by atoms with E-state index < -0.39 is 0 Å². The molecule has 0 amide bonds. The first kappa shape index (κ1) is 37.3. The van der Waals surface area contributed by atoms with E-state index in [2.05, 4.69) is 264 Å². The van der Waals surface area contributed by atoms with E-state index in [0.717, 1.165) is 22.7 Å². The van der Waals surface area contributed by atoms with Crippen LogP contribution in [-0.4, -0.2) is 4.57 Å². The van der Waals surface area contributed by atoms with Gasteiger partial charge < -0.3 is 9.47 Å². The van der Waals surface area contributed by atoms with Gasteiger partial charge in [-0.15, -0.1) is 0 Å².